The molecular formula is C20H34IN3O2. The van der Waals surface area contributed by atoms with Crippen LogP contribution in [0, 0.1) is 5.92 Å². The third-order valence-electron chi connectivity index (χ3n) is 4.24. The number of hydrogen-bond acceptors (Lipinski definition) is 3. The van der Waals surface area contributed by atoms with E-state index in [1.807, 2.05) is 6.07 Å². The van der Waals surface area contributed by atoms with Crippen molar-refractivity contribution in [2.75, 3.05) is 32.8 Å². The van der Waals surface area contributed by atoms with Gasteiger partial charge in [0.05, 0.1) is 12.2 Å². The monoisotopic (exact) mass is 475 g/mol. The van der Waals surface area contributed by atoms with E-state index in [0.717, 1.165) is 51.6 Å². The molecule has 0 amide bonds. The van der Waals surface area contributed by atoms with Crippen molar-refractivity contribution in [3.05, 3.63) is 35.9 Å². The summed E-state index contributed by atoms with van der Waals surface area (Å²) < 4.78 is 11.5. The van der Waals surface area contributed by atoms with Gasteiger partial charge in [-0.2, -0.15) is 0 Å². The zero-order valence-electron chi connectivity index (χ0n) is 16.2. The lowest BCUT2D eigenvalue weighted by atomic mass is 9.95. The van der Waals surface area contributed by atoms with Gasteiger partial charge >= 0.3 is 0 Å². The fourth-order valence-electron chi connectivity index (χ4n) is 2.98. The van der Waals surface area contributed by atoms with Crippen LogP contribution in [0.2, 0.25) is 0 Å². The van der Waals surface area contributed by atoms with Crippen molar-refractivity contribution >= 4 is 29.9 Å². The Hall–Kier alpha value is -0.860. The fraction of sp³-hybridized carbons (Fsp3) is 0.650. The number of aliphatic imine (C=N–C) groups is 1. The summed E-state index contributed by atoms with van der Waals surface area (Å²) in [7, 11) is 0. The number of nitrogens with one attached hydrogen (secondary N) is 2. The van der Waals surface area contributed by atoms with Gasteiger partial charge in [-0.3, -0.25) is 4.99 Å². The van der Waals surface area contributed by atoms with Crippen LogP contribution < -0.4 is 10.6 Å². The summed E-state index contributed by atoms with van der Waals surface area (Å²) in [4.78, 5) is 4.78. The van der Waals surface area contributed by atoms with Crippen molar-refractivity contribution in [2.24, 2.45) is 10.9 Å². The maximum Gasteiger partial charge on any atom is 0.191 e. The second-order valence-electron chi connectivity index (χ2n) is 6.67. The average Bonchev–Trinajstić information content (AvgIpc) is 3.08. The van der Waals surface area contributed by atoms with Crippen LogP contribution in [0.15, 0.2) is 35.3 Å². The smallest absolute Gasteiger partial charge is 0.191 e. The van der Waals surface area contributed by atoms with Crippen LogP contribution in [0.5, 0.6) is 0 Å². The van der Waals surface area contributed by atoms with E-state index in [9.17, 15) is 0 Å². The minimum Gasteiger partial charge on any atom is -0.379 e. The molecule has 1 saturated heterocycles. The molecule has 0 bridgehead atoms. The molecule has 2 atom stereocenters. The SMILES string of the molecule is CCNC(=NCC1CCOC1c1ccccc1)NCCCOC(C)C.I. The van der Waals surface area contributed by atoms with E-state index in [-0.39, 0.29) is 30.1 Å². The molecule has 1 fully saturated rings. The Kier molecular flexibility index (Phi) is 11.9. The van der Waals surface area contributed by atoms with Crippen molar-refractivity contribution < 1.29 is 9.47 Å². The Labute approximate surface area is 175 Å². The zero-order valence-corrected chi connectivity index (χ0v) is 18.6. The summed E-state index contributed by atoms with van der Waals surface area (Å²) in [6, 6.07) is 10.5. The average molecular weight is 475 g/mol. The number of nitrogens with zero attached hydrogens (tertiary/aromatic N) is 1. The number of hydrogen-bond donors (Lipinski definition) is 2. The van der Waals surface area contributed by atoms with E-state index in [1.54, 1.807) is 0 Å². The standard InChI is InChI=1S/C20H33N3O2.HI/c1-4-21-20(22-12-8-13-24-16(2)3)23-15-18-11-14-25-19(18)17-9-6-5-7-10-17;/h5-7,9-10,16,18-19H,4,8,11-15H2,1-3H3,(H2,21,22,23);1H. The Balaban J connectivity index is 0.00000338. The Morgan fingerprint density at radius 1 is 1.27 bits per heavy atom. The van der Waals surface area contributed by atoms with Crippen LogP contribution in [-0.4, -0.2) is 44.9 Å². The third-order valence-corrected chi connectivity index (χ3v) is 4.24. The molecule has 148 valence electrons. The summed E-state index contributed by atoms with van der Waals surface area (Å²) in [6.07, 6.45) is 2.48. The van der Waals surface area contributed by atoms with Crippen molar-refractivity contribution in [3.8, 4) is 0 Å². The van der Waals surface area contributed by atoms with E-state index < -0.39 is 0 Å². The molecule has 2 rings (SSSR count). The van der Waals surface area contributed by atoms with Gasteiger partial charge in [-0.15, -0.1) is 24.0 Å². The second-order valence-corrected chi connectivity index (χ2v) is 6.67. The summed E-state index contributed by atoms with van der Waals surface area (Å²) in [5.74, 6) is 1.31. The first-order valence-corrected chi connectivity index (χ1v) is 9.51. The predicted molar refractivity (Wildman–Crippen MR) is 118 cm³/mol. The third kappa shape index (κ3) is 8.22. The van der Waals surface area contributed by atoms with E-state index in [0.29, 0.717) is 12.0 Å². The van der Waals surface area contributed by atoms with Crippen molar-refractivity contribution in [3.63, 3.8) is 0 Å². The largest absolute Gasteiger partial charge is 0.379 e. The molecule has 2 unspecified atom stereocenters. The molecule has 1 aliphatic rings. The zero-order chi connectivity index (χ0) is 17.9. The molecule has 5 nitrogen and oxygen atoms in total. The van der Waals surface area contributed by atoms with Crippen LogP contribution >= 0.6 is 24.0 Å². The van der Waals surface area contributed by atoms with Gasteiger partial charge in [0.1, 0.15) is 0 Å². The highest BCUT2D eigenvalue weighted by Crippen LogP contribution is 2.34. The number of ether oxygens (including phenoxy) is 2. The second kappa shape index (κ2) is 13.3. The van der Waals surface area contributed by atoms with Crippen LogP contribution in [0.4, 0.5) is 0 Å². The summed E-state index contributed by atoms with van der Waals surface area (Å²) in [6.45, 7) is 10.3. The van der Waals surface area contributed by atoms with Crippen molar-refractivity contribution in [1.29, 1.82) is 0 Å². The quantitative estimate of drug-likeness (QED) is 0.247. The van der Waals surface area contributed by atoms with Gasteiger partial charge in [0.25, 0.3) is 0 Å². The molecule has 0 spiro atoms. The molecule has 0 aromatic heterocycles. The molecule has 26 heavy (non-hydrogen) atoms. The van der Waals surface area contributed by atoms with Gasteiger partial charge in [0.2, 0.25) is 0 Å². The van der Waals surface area contributed by atoms with Crippen molar-refractivity contribution in [1.82, 2.24) is 10.6 Å². The summed E-state index contributed by atoms with van der Waals surface area (Å²) >= 11 is 0. The van der Waals surface area contributed by atoms with Gasteiger partial charge in [0.15, 0.2) is 5.96 Å². The van der Waals surface area contributed by atoms with E-state index in [1.165, 1.54) is 5.56 Å². The van der Waals surface area contributed by atoms with Crippen molar-refractivity contribution in [2.45, 2.75) is 45.8 Å². The van der Waals surface area contributed by atoms with Gasteiger partial charge < -0.3 is 20.1 Å². The topological polar surface area (TPSA) is 54.9 Å². The molecule has 1 aliphatic heterocycles. The summed E-state index contributed by atoms with van der Waals surface area (Å²) in [5.41, 5.74) is 1.25. The highest BCUT2D eigenvalue weighted by Gasteiger charge is 2.29. The Morgan fingerprint density at radius 2 is 2.04 bits per heavy atom. The normalized spacial score (nSPS) is 20.1. The first-order valence-electron chi connectivity index (χ1n) is 9.51. The Morgan fingerprint density at radius 3 is 2.73 bits per heavy atom. The lowest BCUT2D eigenvalue weighted by Gasteiger charge is -2.18. The minimum absolute atomic E-state index is 0. The van der Waals surface area contributed by atoms with E-state index in [4.69, 9.17) is 14.5 Å². The van der Waals surface area contributed by atoms with E-state index >= 15 is 0 Å². The van der Waals surface area contributed by atoms with Gasteiger partial charge in [-0.1, -0.05) is 30.3 Å². The number of benzene rings is 1. The number of rotatable bonds is 9. The molecule has 1 aromatic carbocycles. The number of guanidine groups is 1. The summed E-state index contributed by atoms with van der Waals surface area (Å²) in [5, 5.41) is 6.71. The lowest BCUT2D eigenvalue weighted by Crippen LogP contribution is -2.38. The maximum atomic E-state index is 5.95. The molecule has 1 heterocycles. The van der Waals surface area contributed by atoms with Crippen LogP contribution in [0.1, 0.15) is 45.3 Å². The van der Waals surface area contributed by atoms with Gasteiger partial charge in [-0.05, 0) is 39.2 Å². The predicted octanol–water partition coefficient (Wildman–Crippen LogP) is 3.75. The first kappa shape index (κ1) is 23.2. The molecule has 1 aromatic rings. The molecule has 2 N–H and O–H groups in total. The minimum atomic E-state index is 0. The van der Waals surface area contributed by atoms with Crippen LogP contribution in [-0.2, 0) is 9.47 Å². The molecule has 0 radical (unpaired) electrons. The maximum absolute atomic E-state index is 5.95. The molecule has 6 heteroatoms. The molecule has 0 saturated carbocycles. The highest BCUT2D eigenvalue weighted by atomic mass is 127. The van der Waals surface area contributed by atoms with Crippen LogP contribution in [0.3, 0.4) is 0 Å². The van der Waals surface area contributed by atoms with Crippen LogP contribution in [0.25, 0.3) is 0 Å². The molecule has 0 aliphatic carbocycles. The van der Waals surface area contributed by atoms with Gasteiger partial charge in [0, 0.05) is 38.8 Å². The number of halogens is 1. The fourth-order valence-corrected chi connectivity index (χ4v) is 2.98. The Bertz CT molecular complexity index is 511. The molecular weight excluding hydrogens is 441 g/mol. The highest BCUT2D eigenvalue weighted by molar-refractivity contribution is 14.0. The van der Waals surface area contributed by atoms with Gasteiger partial charge in [-0.25, -0.2) is 0 Å². The van der Waals surface area contributed by atoms with E-state index in [2.05, 4.69) is 55.7 Å². The lowest BCUT2D eigenvalue weighted by molar-refractivity contribution is 0.0776. The first-order chi connectivity index (χ1) is 12.2.